The van der Waals surface area contributed by atoms with Crippen LogP contribution in [0.2, 0.25) is 0 Å². The van der Waals surface area contributed by atoms with Gasteiger partial charge in [0.15, 0.2) is 5.92 Å². The van der Waals surface area contributed by atoms with Gasteiger partial charge in [0.2, 0.25) is 0 Å². The Morgan fingerprint density at radius 3 is 2.05 bits per heavy atom. The van der Waals surface area contributed by atoms with Gasteiger partial charge in [0.25, 0.3) is 0 Å². The Kier molecular flexibility index (Phi) is 5.97. The van der Waals surface area contributed by atoms with Crippen molar-refractivity contribution >= 4 is 11.9 Å². The molecule has 0 amide bonds. The molecule has 0 saturated carbocycles. The largest absolute Gasteiger partial charge is 0.468 e. The third-order valence-corrected chi connectivity index (χ3v) is 3.24. The van der Waals surface area contributed by atoms with E-state index in [9.17, 15) is 9.59 Å². The summed E-state index contributed by atoms with van der Waals surface area (Å²) >= 11 is 0. The molecule has 0 saturated heterocycles. The Morgan fingerprint density at radius 2 is 1.65 bits per heavy atom. The molecule has 0 aliphatic heterocycles. The van der Waals surface area contributed by atoms with Crippen LogP contribution in [-0.4, -0.2) is 26.2 Å². The zero-order chi connectivity index (χ0) is 15.1. The molecule has 0 aliphatic carbocycles. The fourth-order valence-corrected chi connectivity index (χ4v) is 2.14. The first kappa shape index (κ1) is 16.0. The summed E-state index contributed by atoms with van der Waals surface area (Å²) in [5.41, 5.74) is 2.00. The topological polar surface area (TPSA) is 52.6 Å². The number of hydrogen-bond acceptors (Lipinski definition) is 4. The highest BCUT2D eigenvalue weighted by Gasteiger charge is 2.37. The van der Waals surface area contributed by atoms with Crippen molar-refractivity contribution in [2.24, 2.45) is 5.92 Å². The van der Waals surface area contributed by atoms with E-state index < -0.39 is 17.9 Å². The highest BCUT2D eigenvalue weighted by Crippen LogP contribution is 2.30. The van der Waals surface area contributed by atoms with Crippen LogP contribution in [0.25, 0.3) is 0 Å². The van der Waals surface area contributed by atoms with Crippen molar-refractivity contribution in [1.82, 2.24) is 0 Å². The minimum absolute atomic E-state index is 0.340. The zero-order valence-electron chi connectivity index (χ0n) is 12.1. The van der Waals surface area contributed by atoms with Crippen molar-refractivity contribution in [2.45, 2.75) is 19.3 Å². The molecule has 1 unspecified atom stereocenters. The Labute approximate surface area is 119 Å². The van der Waals surface area contributed by atoms with Gasteiger partial charge in [0.1, 0.15) is 0 Å². The molecule has 0 heterocycles. The molecule has 0 aliphatic rings. The molecule has 0 aromatic heterocycles. The van der Waals surface area contributed by atoms with E-state index in [0.717, 1.165) is 11.1 Å². The van der Waals surface area contributed by atoms with Crippen LogP contribution in [0.1, 0.15) is 23.5 Å². The summed E-state index contributed by atoms with van der Waals surface area (Å²) in [4.78, 5) is 23.8. The lowest BCUT2D eigenvalue weighted by atomic mass is 9.83. The van der Waals surface area contributed by atoms with Crippen LogP contribution in [0.3, 0.4) is 0 Å². The van der Waals surface area contributed by atoms with Crippen molar-refractivity contribution in [3.05, 3.63) is 48.0 Å². The van der Waals surface area contributed by atoms with Crippen LogP contribution in [0.15, 0.2) is 36.9 Å². The summed E-state index contributed by atoms with van der Waals surface area (Å²) in [7, 11) is 2.52. The van der Waals surface area contributed by atoms with Gasteiger partial charge in [-0.05, 0) is 18.9 Å². The van der Waals surface area contributed by atoms with Crippen LogP contribution in [0.4, 0.5) is 0 Å². The molecular formula is C16H20O4. The second-order valence-corrected chi connectivity index (χ2v) is 4.57. The normalized spacial score (nSPS) is 11.8. The lowest BCUT2D eigenvalue weighted by molar-refractivity contribution is -0.159. The maximum atomic E-state index is 11.9. The van der Waals surface area contributed by atoms with E-state index in [1.54, 1.807) is 6.08 Å². The van der Waals surface area contributed by atoms with Crippen LogP contribution in [0, 0.1) is 12.8 Å². The molecule has 1 rings (SSSR count). The molecule has 20 heavy (non-hydrogen) atoms. The SMILES string of the molecule is C=CCC(c1ccc(C)cc1)C(C(=O)OC)C(=O)OC. The van der Waals surface area contributed by atoms with Gasteiger partial charge in [-0.3, -0.25) is 9.59 Å². The second-order valence-electron chi connectivity index (χ2n) is 4.57. The molecular weight excluding hydrogens is 256 g/mol. The third kappa shape index (κ3) is 3.70. The van der Waals surface area contributed by atoms with E-state index in [1.165, 1.54) is 14.2 Å². The van der Waals surface area contributed by atoms with Gasteiger partial charge in [0, 0.05) is 5.92 Å². The first-order chi connectivity index (χ1) is 9.54. The van der Waals surface area contributed by atoms with E-state index >= 15 is 0 Å². The summed E-state index contributed by atoms with van der Waals surface area (Å²) in [6, 6.07) is 7.69. The minimum Gasteiger partial charge on any atom is -0.468 e. The number of esters is 2. The molecule has 1 aromatic carbocycles. The van der Waals surface area contributed by atoms with Gasteiger partial charge in [-0.1, -0.05) is 35.9 Å². The predicted molar refractivity (Wildman–Crippen MR) is 76.3 cm³/mol. The molecule has 1 aromatic rings. The Hall–Kier alpha value is -2.10. The summed E-state index contributed by atoms with van der Waals surface area (Å²) in [5, 5.41) is 0. The maximum absolute atomic E-state index is 11.9. The Bertz CT molecular complexity index is 460. The van der Waals surface area contributed by atoms with Crippen molar-refractivity contribution in [1.29, 1.82) is 0 Å². The zero-order valence-corrected chi connectivity index (χ0v) is 12.1. The number of benzene rings is 1. The number of carbonyl (C=O) groups is 2. The molecule has 108 valence electrons. The van der Waals surface area contributed by atoms with Crippen molar-refractivity contribution in [3.63, 3.8) is 0 Å². The van der Waals surface area contributed by atoms with Crippen molar-refractivity contribution in [2.75, 3.05) is 14.2 Å². The lowest BCUT2D eigenvalue weighted by Gasteiger charge is -2.22. The number of aryl methyl sites for hydroxylation is 1. The number of methoxy groups -OCH3 is 2. The van der Waals surface area contributed by atoms with Crippen molar-refractivity contribution < 1.29 is 19.1 Å². The predicted octanol–water partition coefficient (Wildman–Crippen LogP) is 2.62. The van der Waals surface area contributed by atoms with Crippen LogP contribution < -0.4 is 0 Å². The van der Waals surface area contributed by atoms with E-state index in [2.05, 4.69) is 6.58 Å². The monoisotopic (exact) mass is 276 g/mol. The summed E-state index contributed by atoms with van der Waals surface area (Å²) in [6.45, 7) is 5.67. The molecule has 0 spiro atoms. The molecule has 0 fully saturated rings. The van der Waals surface area contributed by atoms with Crippen LogP contribution in [-0.2, 0) is 19.1 Å². The first-order valence-corrected chi connectivity index (χ1v) is 6.38. The van der Waals surface area contributed by atoms with Gasteiger partial charge >= 0.3 is 11.9 Å². The fraction of sp³-hybridized carbons (Fsp3) is 0.375. The van der Waals surface area contributed by atoms with E-state index in [0.29, 0.717) is 6.42 Å². The number of hydrogen-bond donors (Lipinski definition) is 0. The number of ether oxygens (including phenoxy) is 2. The van der Waals surface area contributed by atoms with Crippen molar-refractivity contribution in [3.8, 4) is 0 Å². The molecule has 1 atom stereocenters. The highest BCUT2D eigenvalue weighted by atomic mass is 16.5. The van der Waals surface area contributed by atoms with E-state index in [1.807, 2.05) is 31.2 Å². The standard InChI is InChI=1S/C16H20O4/c1-5-6-13(12-9-7-11(2)8-10-12)14(15(17)19-3)16(18)20-4/h5,7-10,13-14H,1,6H2,2-4H3. The van der Waals surface area contributed by atoms with E-state index in [4.69, 9.17) is 9.47 Å². The van der Waals surface area contributed by atoms with E-state index in [-0.39, 0.29) is 5.92 Å². The average molecular weight is 276 g/mol. The molecule has 0 N–H and O–H groups in total. The Morgan fingerprint density at radius 1 is 1.15 bits per heavy atom. The minimum atomic E-state index is -0.981. The molecule has 0 bridgehead atoms. The molecule has 4 nitrogen and oxygen atoms in total. The number of carbonyl (C=O) groups excluding carboxylic acids is 2. The fourth-order valence-electron chi connectivity index (χ4n) is 2.14. The average Bonchev–Trinajstić information content (AvgIpc) is 2.47. The maximum Gasteiger partial charge on any atom is 0.320 e. The first-order valence-electron chi connectivity index (χ1n) is 6.38. The quantitative estimate of drug-likeness (QED) is 0.455. The molecule has 4 heteroatoms. The van der Waals surface area contributed by atoms with Crippen LogP contribution >= 0.6 is 0 Å². The third-order valence-electron chi connectivity index (χ3n) is 3.24. The van der Waals surface area contributed by atoms with Gasteiger partial charge < -0.3 is 9.47 Å². The summed E-state index contributed by atoms with van der Waals surface area (Å²) in [6.07, 6.45) is 2.17. The summed E-state index contributed by atoms with van der Waals surface area (Å²) < 4.78 is 9.47. The van der Waals surface area contributed by atoms with Gasteiger partial charge in [-0.25, -0.2) is 0 Å². The second kappa shape index (κ2) is 7.48. The van der Waals surface area contributed by atoms with Gasteiger partial charge in [-0.2, -0.15) is 0 Å². The van der Waals surface area contributed by atoms with Gasteiger partial charge in [0.05, 0.1) is 14.2 Å². The summed E-state index contributed by atoms with van der Waals surface area (Å²) in [5.74, 6) is -2.51. The Balaban J connectivity index is 3.19. The van der Waals surface area contributed by atoms with Gasteiger partial charge in [-0.15, -0.1) is 6.58 Å². The molecule has 0 radical (unpaired) electrons. The highest BCUT2D eigenvalue weighted by molar-refractivity contribution is 5.96. The number of allylic oxidation sites excluding steroid dienone is 1. The lowest BCUT2D eigenvalue weighted by Crippen LogP contribution is -2.32. The number of rotatable bonds is 6. The smallest absolute Gasteiger partial charge is 0.320 e. The van der Waals surface area contributed by atoms with Crippen LogP contribution in [0.5, 0.6) is 0 Å².